The van der Waals surface area contributed by atoms with Gasteiger partial charge in [0.25, 0.3) is 0 Å². The van der Waals surface area contributed by atoms with Crippen molar-refractivity contribution in [2.24, 2.45) is 0 Å². The highest BCUT2D eigenvalue weighted by Gasteiger charge is 2.26. The normalized spacial score (nSPS) is 19.2. The lowest BCUT2D eigenvalue weighted by Crippen LogP contribution is -2.38. The molecule has 1 atom stereocenters. The number of anilines is 1. The quantitative estimate of drug-likeness (QED) is 0.730. The van der Waals surface area contributed by atoms with E-state index in [1.807, 2.05) is 19.1 Å². The molecular formula is C21H26N2O5S2. The fourth-order valence-electron chi connectivity index (χ4n) is 3.97. The van der Waals surface area contributed by atoms with E-state index in [4.69, 9.17) is 4.74 Å². The summed E-state index contributed by atoms with van der Waals surface area (Å²) in [6, 6.07) is 11.7. The Bertz CT molecular complexity index is 1130. The zero-order chi connectivity index (χ0) is 21.4. The number of ether oxygens (including phenoxy) is 1. The van der Waals surface area contributed by atoms with Gasteiger partial charge in [-0.25, -0.2) is 21.6 Å². The highest BCUT2D eigenvalue weighted by Crippen LogP contribution is 2.27. The van der Waals surface area contributed by atoms with Crippen molar-refractivity contribution in [3.8, 4) is 5.75 Å². The average molecular weight is 451 g/mol. The lowest BCUT2D eigenvalue weighted by molar-refractivity contribution is 0.357. The average Bonchev–Trinajstić information content (AvgIpc) is 3.15. The molecule has 4 rings (SSSR count). The molecule has 1 unspecified atom stereocenters. The minimum absolute atomic E-state index is 0.120. The van der Waals surface area contributed by atoms with Crippen LogP contribution in [0.3, 0.4) is 0 Å². The molecule has 2 aromatic rings. The molecule has 0 aliphatic carbocycles. The van der Waals surface area contributed by atoms with Crippen molar-refractivity contribution in [2.75, 3.05) is 23.2 Å². The van der Waals surface area contributed by atoms with E-state index >= 15 is 0 Å². The molecule has 162 valence electrons. The van der Waals surface area contributed by atoms with Gasteiger partial charge in [0.2, 0.25) is 20.0 Å². The standard InChI is InChI=1S/C21H26N2O5S2/c1-16(14-17-4-9-21-18(15-17)10-12-28-21)22-30(26,27)20-7-5-19(6-8-20)23-11-2-3-13-29(23,24)25/h4-9,15-16,22H,2-3,10-14H2,1H3. The molecule has 7 nitrogen and oxygen atoms in total. The maximum absolute atomic E-state index is 12.8. The van der Waals surface area contributed by atoms with Gasteiger partial charge in [-0.15, -0.1) is 0 Å². The van der Waals surface area contributed by atoms with E-state index in [9.17, 15) is 16.8 Å². The van der Waals surface area contributed by atoms with E-state index in [0.29, 0.717) is 31.7 Å². The Kier molecular flexibility index (Phi) is 5.78. The monoisotopic (exact) mass is 450 g/mol. The topological polar surface area (TPSA) is 92.8 Å². The number of sulfonamides is 2. The Balaban J connectivity index is 1.44. The first kappa shape index (κ1) is 21.1. The van der Waals surface area contributed by atoms with E-state index < -0.39 is 20.0 Å². The number of rotatable bonds is 6. The van der Waals surface area contributed by atoms with Gasteiger partial charge in [-0.2, -0.15) is 0 Å². The summed E-state index contributed by atoms with van der Waals surface area (Å²) in [5.41, 5.74) is 2.72. The van der Waals surface area contributed by atoms with Gasteiger partial charge in [-0.3, -0.25) is 4.31 Å². The summed E-state index contributed by atoms with van der Waals surface area (Å²) in [7, 11) is -7.03. The zero-order valence-electron chi connectivity index (χ0n) is 16.9. The third-order valence-corrected chi connectivity index (χ3v) is 8.91. The van der Waals surface area contributed by atoms with Gasteiger partial charge in [0.15, 0.2) is 0 Å². The Morgan fingerprint density at radius 3 is 2.63 bits per heavy atom. The van der Waals surface area contributed by atoms with Crippen LogP contribution in [0.25, 0.3) is 0 Å². The third kappa shape index (κ3) is 4.48. The van der Waals surface area contributed by atoms with Gasteiger partial charge in [-0.1, -0.05) is 12.1 Å². The summed E-state index contributed by atoms with van der Waals surface area (Å²) in [5.74, 6) is 1.03. The fourth-order valence-corrected chi connectivity index (χ4v) is 6.85. The fraction of sp³-hybridized carbons (Fsp3) is 0.429. The molecule has 2 aromatic carbocycles. The summed E-state index contributed by atoms with van der Waals surface area (Å²) >= 11 is 0. The second kappa shape index (κ2) is 8.20. The first-order chi connectivity index (χ1) is 14.2. The maximum atomic E-state index is 12.8. The molecule has 0 saturated carbocycles. The van der Waals surface area contributed by atoms with Crippen LogP contribution in [0.2, 0.25) is 0 Å². The first-order valence-corrected chi connectivity index (χ1v) is 13.2. The van der Waals surface area contributed by atoms with Crippen molar-refractivity contribution < 1.29 is 21.6 Å². The van der Waals surface area contributed by atoms with Crippen LogP contribution in [-0.2, 0) is 32.9 Å². The number of nitrogens with zero attached hydrogens (tertiary/aromatic N) is 1. The molecule has 1 N–H and O–H groups in total. The van der Waals surface area contributed by atoms with Crippen molar-refractivity contribution >= 4 is 25.7 Å². The SMILES string of the molecule is CC(Cc1ccc2c(c1)CCO2)NS(=O)(=O)c1ccc(N2CCCCS2(=O)=O)cc1. The number of hydrogen-bond acceptors (Lipinski definition) is 5. The highest BCUT2D eigenvalue weighted by molar-refractivity contribution is 7.92. The van der Waals surface area contributed by atoms with Gasteiger partial charge < -0.3 is 4.74 Å². The number of nitrogens with one attached hydrogen (secondary N) is 1. The second-order valence-electron chi connectivity index (χ2n) is 7.86. The minimum atomic E-state index is -3.71. The lowest BCUT2D eigenvalue weighted by atomic mass is 10.0. The zero-order valence-corrected chi connectivity index (χ0v) is 18.5. The predicted molar refractivity (Wildman–Crippen MR) is 116 cm³/mol. The molecule has 0 bridgehead atoms. The number of hydrogen-bond donors (Lipinski definition) is 1. The molecule has 0 radical (unpaired) electrons. The summed E-state index contributed by atoms with van der Waals surface area (Å²) in [5, 5.41) is 0. The molecule has 0 aromatic heterocycles. The predicted octanol–water partition coefficient (Wildman–Crippen LogP) is 2.46. The van der Waals surface area contributed by atoms with Crippen LogP contribution >= 0.6 is 0 Å². The molecule has 9 heteroatoms. The number of fused-ring (bicyclic) bond motifs is 1. The van der Waals surface area contributed by atoms with Gasteiger partial charge in [0.05, 0.1) is 22.9 Å². The molecule has 30 heavy (non-hydrogen) atoms. The van der Waals surface area contributed by atoms with Crippen LogP contribution < -0.4 is 13.8 Å². The second-order valence-corrected chi connectivity index (χ2v) is 11.6. The van der Waals surface area contributed by atoms with Gasteiger partial charge in [0, 0.05) is 19.0 Å². The Hall–Kier alpha value is -2.10. The van der Waals surface area contributed by atoms with Crippen LogP contribution in [0, 0.1) is 0 Å². The summed E-state index contributed by atoms with van der Waals surface area (Å²) < 4.78 is 59.6. The summed E-state index contributed by atoms with van der Waals surface area (Å²) in [4.78, 5) is 0.120. The summed E-state index contributed by atoms with van der Waals surface area (Å²) in [6.45, 7) is 2.95. The van der Waals surface area contributed by atoms with Gasteiger partial charge in [0.1, 0.15) is 5.75 Å². The van der Waals surface area contributed by atoms with Crippen LogP contribution in [0.5, 0.6) is 5.75 Å². The third-order valence-electron chi connectivity index (χ3n) is 5.44. The first-order valence-electron chi connectivity index (χ1n) is 10.1. The van der Waals surface area contributed by atoms with Crippen LogP contribution in [0.4, 0.5) is 5.69 Å². The van der Waals surface area contributed by atoms with Crippen LogP contribution in [-0.4, -0.2) is 41.8 Å². The van der Waals surface area contributed by atoms with Gasteiger partial charge in [-0.05, 0) is 67.6 Å². The maximum Gasteiger partial charge on any atom is 0.240 e. The van der Waals surface area contributed by atoms with E-state index in [0.717, 1.165) is 29.7 Å². The molecule has 1 saturated heterocycles. The Labute approximate surface area is 178 Å². The minimum Gasteiger partial charge on any atom is -0.493 e. The lowest BCUT2D eigenvalue weighted by Gasteiger charge is -2.28. The van der Waals surface area contributed by atoms with Crippen molar-refractivity contribution in [3.63, 3.8) is 0 Å². The van der Waals surface area contributed by atoms with E-state index in [1.54, 1.807) is 12.1 Å². The largest absolute Gasteiger partial charge is 0.493 e. The van der Waals surface area contributed by atoms with Gasteiger partial charge >= 0.3 is 0 Å². The van der Waals surface area contributed by atoms with Crippen molar-refractivity contribution in [2.45, 2.75) is 43.5 Å². The summed E-state index contributed by atoms with van der Waals surface area (Å²) in [6.07, 6.45) is 2.90. The van der Waals surface area contributed by atoms with Crippen LogP contribution in [0.15, 0.2) is 47.4 Å². The highest BCUT2D eigenvalue weighted by atomic mass is 32.2. The molecular weight excluding hydrogens is 424 g/mol. The Morgan fingerprint density at radius 2 is 1.90 bits per heavy atom. The Morgan fingerprint density at radius 1 is 1.13 bits per heavy atom. The molecule has 2 aliphatic heterocycles. The van der Waals surface area contributed by atoms with E-state index in [2.05, 4.69) is 10.8 Å². The van der Waals surface area contributed by atoms with Crippen molar-refractivity contribution in [1.29, 1.82) is 0 Å². The number of benzene rings is 2. The molecule has 2 heterocycles. The smallest absolute Gasteiger partial charge is 0.240 e. The van der Waals surface area contributed by atoms with Crippen molar-refractivity contribution in [3.05, 3.63) is 53.6 Å². The molecule has 0 amide bonds. The molecule has 1 fully saturated rings. The van der Waals surface area contributed by atoms with Crippen molar-refractivity contribution in [1.82, 2.24) is 4.72 Å². The molecule has 2 aliphatic rings. The van der Waals surface area contributed by atoms with E-state index in [-0.39, 0.29) is 16.7 Å². The molecule has 0 spiro atoms. The van der Waals surface area contributed by atoms with E-state index in [1.165, 1.54) is 16.4 Å². The van der Waals surface area contributed by atoms with Crippen LogP contribution in [0.1, 0.15) is 30.9 Å².